The molecule has 1 fully saturated rings. The lowest BCUT2D eigenvalue weighted by Gasteiger charge is -2.29. The molecule has 0 amide bonds. The number of rotatable bonds is 5. The minimum Gasteiger partial charge on any atom is -0.462 e. The van der Waals surface area contributed by atoms with Crippen LogP contribution in [0.25, 0.3) is 0 Å². The molecule has 2 rings (SSSR count). The zero-order chi connectivity index (χ0) is 14.4. The number of nitrogens with one attached hydrogen (secondary N) is 1. The molecule has 0 aliphatic heterocycles. The van der Waals surface area contributed by atoms with E-state index in [1.165, 1.54) is 32.1 Å². The SMILES string of the molecule is CCOC(=O)c1ccccc1NC(C)C1CCCCC1. The van der Waals surface area contributed by atoms with E-state index >= 15 is 0 Å². The van der Waals surface area contributed by atoms with Crippen LogP contribution in [0.3, 0.4) is 0 Å². The van der Waals surface area contributed by atoms with Crippen LogP contribution in [0.4, 0.5) is 5.69 Å². The summed E-state index contributed by atoms with van der Waals surface area (Å²) < 4.78 is 5.12. The summed E-state index contributed by atoms with van der Waals surface area (Å²) in [7, 11) is 0. The Morgan fingerprint density at radius 3 is 2.70 bits per heavy atom. The second-order valence-electron chi connectivity index (χ2n) is 5.60. The van der Waals surface area contributed by atoms with Gasteiger partial charge >= 0.3 is 5.97 Å². The Bertz CT molecular complexity index is 438. The summed E-state index contributed by atoms with van der Waals surface area (Å²) in [6.07, 6.45) is 6.60. The van der Waals surface area contributed by atoms with Crippen molar-refractivity contribution in [3.8, 4) is 0 Å². The highest BCUT2D eigenvalue weighted by Crippen LogP contribution is 2.29. The van der Waals surface area contributed by atoms with E-state index in [4.69, 9.17) is 4.74 Å². The van der Waals surface area contributed by atoms with Gasteiger partial charge in [0.1, 0.15) is 0 Å². The van der Waals surface area contributed by atoms with Crippen LogP contribution in [0.15, 0.2) is 24.3 Å². The fourth-order valence-electron chi connectivity index (χ4n) is 2.99. The van der Waals surface area contributed by atoms with E-state index < -0.39 is 0 Å². The molecule has 1 aromatic rings. The summed E-state index contributed by atoms with van der Waals surface area (Å²) in [6.45, 7) is 4.46. The van der Waals surface area contributed by atoms with E-state index in [-0.39, 0.29) is 5.97 Å². The van der Waals surface area contributed by atoms with Gasteiger partial charge in [-0.05, 0) is 44.7 Å². The van der Waals surface area contributed by atoms with Gasteiger partial charge in [0.2, 0.25) is 0 Å². The smallest absolute Gasteiger partial charge is 0.340 e. The Morgan fingerprint density at radius 1 is 1.30 bits per heavy atom. The van der Waals surface area contributed by atoms with E-state index in [2.05, 4.69) is 12.2 Å². The van der Waals surface area contributed by atoms with Crippen LogP contribution in [0.2, 0.25) is 0 Å². The number of hydrogen-bond acceptors (Lipinski definition) is 3. The quantitative estimate of drug-likeness (QED) is 0.817. The van der Waals surface area contributed by atoms with Crippen molar-refractivity contribution in [1.29, 1.82) is 0 Å². The van der Waals surface area contributed by atoms with Crippen molar-refractivity contribution in [2.75, 3.05) is 11.9 Å². The second kappa shape index (κ2) is 7.32. The molecule has 0 heterocycles. The monoisotopic (exact) mass is 275 g/mol. The number of carbonyl (C=O) groups excluding carboxylic acids is 1. The summed E-state index contributed by atoms with van der Waals surface area (Å²) in [5, 5.41) is 3.52. The van der Waals surface area contributed by atoms with Crippen LogP contribution in [0.1, 0.15) is 56.3 Å². The van der Waals surface area contributed by atoms with E-state index in [1.807, 2.05) is 31.2 Å². The standard InChI is InChI=1S/C17H25NO2/c1-3-20-17(19)15-11-7-8-12-16(15)18-13(2)14-9-5-4-6-10-14/h7-8,11-14,18H,3-6,9-10H2,1-2H3. The lowest BCUT2D eigenvalue weighted by atomic mass is 9.84. The van der Waals surface area contributed by atoms with Gasteiger partial charge in [0.15, 0.2) is 0 Å². The van der Waals surface area contributed by atoms with Crippen LogP contribution in [-0.2, 0) is 4.74 Å². The van der Waals surface area contributed by atoms with Crippen molar-refractivity contribution < 1.29 is 9.53 Å². The van der Waals surface area contributed by atoms with E-state index in [1.54, 1.807) is 0 Å². The Kier molecular flexibility index (Phi) is 5.45. The van der Waals surface area contributed by atoms with Crippen molar-refractivity contribution in [2.45, 2.75) is 52.0 Å². The summed E-state index contributed by atoms with van der Waals surface area (Å²) in [4.78, 5) is 12.0. The molecule has 3 nitrogen and oxygen atoms in total. The highest BCUT2D eigenvalue weighted by molar-refractivity contribution is 5.95. The van der Waals surface area contributed by atoms with Crippen molar-refractivity contribution in [2.24, 2.45) is 5.92 Å². The Morgan fingerprint density at radius 2 is 2.00 bits per heavy atom. The first kappa shape index (κ1) is 14.9. The third-order valence-corrected chi connectivity index (χ3v) is 4.16. The molecular weight excluding hydrogens is 250 g/mol. The van der Waals surface area contributed by atoms with Gasteiger partial charge in [-0.1, -0.05) is 31.4 Å². The number of esters is 1. The minimum atomic E-state index is -0.244. The molecular formula is C17H25NO2. The number of para-hydroxylation sites is 1. The average molecular weight is 275 g/mol. The number of benzene rings is 1. The molecule has 0 aromatic heterocycles. The van der Waals surface area contributed by atoms with Crippen LogP contribution in [-0.4, -0.2) is 18.6 Å². The van der Waals surface area contributed by atoms with Gasteiger partial charge in [-0.15, -0.1) is 0 Å². The average Bonchev–Trinajstić information content (AvgIpc) is 2.49. The molecule has 1 unspecified atom stereocenters. The Hall–Kier alpha value is -1.51. The third kappa shape index (κ3) is 3.75. The van der Waals surface area contributed by atoms with E-state index in [0.717, 1.165) is 5.69 Å². The van der Waals surface area contributed by atoms with Gasteiger partial charge in [0.25, 0.3) is 0 Å². The minimum absolute atomic E-state index is 0.244. The van der Waals surface area contributed by atoms with Crippen LogP contribution < -0.4 is 5.32 Å². The molecule has 1 N–H and O–H groups in total. The first-order chi connectivity index (χ1) is 9.72. The molecule has 0 bridgehead atoms. The molecule has 110 valence electrons. The first-order valence-corrected chi connectivity index (χ1v) is 7.75. The predicted octanol–water partition coefficient (Wildman–Crippen LogP) is 4.24. The first-order valence-electron chi connectivity index (χ1n) is 7.75. The second-order valence-corrected chi connectivity index (χ2v) is 5.60. The molecule has 1 aliphatic carbocycles. The Labute approximate surface area is 121 Å². The lowest BCUT2D eigenvalue weighted by molar-refractivity contribution is 0.0527. The molecule has 3 heteroatoms. The summed E-state index contributed by atoms with van der Waals surface area (Å²) in [6, 6.07) is 8.02. The predicted molar refractivity (Wildman–Crippen MR) is 82.1 cm³/mol. The van der Waals surface area contributed by atoms with Gasteiger partial charge < -0.3 is 10.1 Å². The molecule has 0 saturated heterocycles. The fraction of sp³-hybridized carbons (Fsp3) is 0.588. The van der Waals surface area contributed by atoms with Gasteiger partial charge in [0, 0.05) is 11.7 Å². The van der Waals surface area contributed by atoms with E-state index in [0.29, 0.717) is 24.1 Å². The summed E-state index contributed by atoms with van der Waals surface area (Å²) >= 11 is 0. The fourth-order valence-corrected chi connectivity index (χ4v) is 2.99. The Balaban J connectivity index is 2.06. The molecule has 1 saturated carbocycles. The third-order valence-electron chi connectivity index (χ3n) is 4.16. The van der Waals surface area contributed by atoms with Gasteiger partial charge in [-0.2, -0.15) is 0 Å². The maximum atomic E-state index is 12.0. The molecule has 0 spiro atoms. The lowest BCUT2D eigenvalue weighted by Crippen LogP contribution is -2.28. The zero-order valence-electron chi connectivity index (χ0n) is 12.5. The van der Waals surface area contributed by atoms with Crippen molar-refractivity contribution in [1.82, 2.24) is 0 Å². The molecule has 1 atom stereocenters. The normalized spacial score (nSPS) is 17.5. The van der Waals surface area contributed by atoms with Crippen molar-refractivity contribution in [3.05, 3.63) is 29.8 Å². The maximum Gasteiger partial charge on any atom is 0.340 e. The summed E-state index contributed by atoms with van der Waals surface area (Å²) in [5.74, 6) is 0.463. The van der Waals surface area contributed by atoms with Gasteiger partial charge in [-0.3, -0.25) is 0 Å². The summed E-state index contributed by atoms with van der Waals surface area (Å²) in [5.41, 5.74) is 1.53. The van der Waals surface area contributed by atoms with Crippen molar-refractivity contribution >= 4 is 11.7 Å². The molecule has 1 aromatic carbocycles. The zero-order valence-corrected chi connectivity index (χ0v) is 12.5. The number of anilines is 1. The number of ether oxygens (including phenoxy) is 1. The topological polar surface area (TPSA) is 38.3 Å². The number of hydrogen-bond donors (Lipinski definition) is 1. The molecule has 1 aliphatic rings. The maximum absolute atomic E-state index is 12.0. The van der Waals surface area contributed by atoms with Crippen LogP contribution >= 0.6 is 0 Å². The number of carbonyl (C=O) groups is 1. The van der Waals surface area contributed by atoms with Crippen molar-refractivity contribution in [3.63, 3.8) is 0 Å². The largest absolute Gasteiger partial charge is 0.462 e. The highest BCUT2D eigenvalue weighted by atomic mass is 16.5. The van der Waals surface area contributed by atoms with Gasteiger partial charge in [0.05, 0.1) is 12.2 Å². The van der Waals surface area contributed by atoms with Crippen LogP contribution in [0.5, 0.6) is 0 Å². The molecule has 20 heavy (non-hydrogen) atoms. The highest BCUT2D eigenvalue weighted by Gasteiger charge is 2.21. The van der Waals surface area contributed by atoms with Gasteiger partial charge in [-0.25, -0.2) is 4.79 Å². The van der Waals surface area contributed by atoms with Crippen LogP contribution in [0, 0.1) is 5.92 Å². The molecule has 0 radical (unpaired) electrons. The van der Waals surface area contributed by atoms with E-state index in [9.17, 15) is 4.79 Å².